The van der Waals surface area contributed by atoms with Gasteiger partial charge in [0.2, 0.25) is 0 Å². The smallest absolute Gasteiger partial charge is 0.317 e. The number of hydrogen-bond donors (Lipinski definition) is 1. The molecule has 1 saturated carbocycles. The van der Waals surface area contributed by atoms with Crippen LogP contribution in [0, 0.1) is 0 Å². The maximum atomic E-state index is 12.1. The summed E-state index contributed by atoms with van der Waals surface area (Å²) in [6.07, 6.45) is 2.07. The van der Waals surface area contributed by atoms with E-state index in [9.17, 15) is 13.2 Å². The van der Waals surface area contributed by atoms with Crippen molar-refractivity contribution in [2.45, 2.75) is 51.4 Å². The number of urea groups is 1. The number of nitrogens with zero attached hydrogens (tertiary/aromatic N) is 1. The molecule has 0 saturated heterocycles. The van der Waals surface area contributed by atoms with E-state index < -0.39 is 15.4 Å². The minimum Gasteiger partial charge on any atom is -0.382 e. The van der Waals surface area contributed by atoms with Gasteiger partial charge in [-0.2, -0.15) is 8.42 Å². The molecule has 1 aromatic carbocycles. The molecule has 0 bridgehead atoms. The van der Waals surface area contributed by atoms with Gasteiger partial charge in [0, 0.05) is 19.1 Å². The van der Waals surface area contributed by atoms with E-state index in [1.54, 1.807) is 38.1 Å². The molecule has 1 aromatic rings. The van der Waals surface area contributed by atoms with Gasteiger partial charge in [-0.15, -0.1) is 0 Å². The Kier molecular flexibility index (Phi) is 5.51. The zero-order chi connectivity index (χ0) is 17.0. The van der Waals surface area contributed by atoms with Gasteiger partial charge in [0.05, 0.1) is 5.25 Å². The molecule has 128 valence electrons. The minimum absolute atomic E-state index is 0.0577. The van der Waals surface area contributed by atoms with Gasteiger partial charge in [-0.05, 0) is 51.3 Å². The van der Waals surface area contributed by atoms with Crippen molar-refractivity contribution in [2.24, 2.45) is 0 Å². The Morgan fingerprint density at radius 1 is 1.30 bits per heavy atom. The molecule has 0 radical (unpaired) electrons. The lowest BCUT2D eigenvalue weighted by molar-refractivity contribution is 0.192. The van der Waals surface area contributed by atoms with Crippen molar-refractivity contribution in [3.63, 3.8) is 0 Å². The van der Waals surface area contributed by atoms with Gasteiger partial charge < -0.3 is 14.4 Å². The van der Waals surface area contributed by atoms with E-state index in [0.717, 1.165) is 18.4 Å². The lowest BCUT2D eigenvalue weighted by atomic mass is 10.2. The van der Waals surface area contributed by atoms with Crippen LogP contribution in [0.4, 0.5) is 4.79 Å². The van der Waals surface area contributed by atoms with Crippen LogP contribution in [0.25, 0.3) is 0 Å². The molecule has 2 rings (SSSR count). The molecule has 0 atom stereocenters. The van der Waals surface area contributed by atoms with Crippen molar-refractivity contribution in [2.75, 3.05) is 6.54 Å². The summed E-state index contributed by atoms with van der Waals surface area (Å²) in [7, 11) is -3.59. The normalized spacial score (nSPS) is 14.6. The van der Waals surface area contributed by atoms with Gasteiger partial charge >= 0.3 is 16.1 Å². The third kappa shape index (κ3) is 4.86. The highest BCUT2D eigenvalue weighted by Gasteiger charge is 2.32. The van der Waals surface area contributed by atoms with Crippen LogP contribution in [0.5, 0.6) is 5.75 Å². The van der Waals surface area contributed by atoms with E-state index in [1.165, 1.54) is 0 Å². The molecule has 1 aliphatic rings. The number of hydrogen-bond acceptors (Lipinski definition) is 4. The molecule has 23 heavy (non-hydrogen) atoms. The first-order valence-corrected chi connectivity index (χ1v) is 9.37. The number of carbonyl (C=O) groups excluding carboxylic acids is 1. The number of nitrogens with one attached hydrogen (secondary N) is 1. The monoisotopic (exact) mass is 340 g/mol. The van der Waals surface area contributed by atoms with E-state index in [4.69, 9.17) is 4.18 Å². The summed E-state index contributed by atoms with van der Waals surface area (Å²) in [6.45, 7) is 6.15. The third-order valence-electron chi connectivity index (χ3n) is 3.64. The predicted molar refractivity (Wildman–Crippen MR) is 88.8 cm³/mol. The third-order valence-corrected chi connectivity index (χ3v) is 5.22. The van der Waals surface area contributed by atoms with Gasteiger partial charge in [-0.25, -0.2) is 4.79 Å². The second kappa shape index (κ2) is 7.21. The van der Waals surface area contributed by atoms with Gasteiger partial charge in [-0.3, -0.25) is 0 Å². The number of carbonyl (C=O) groups is 1. The fourth-order valence-electron chi connectivity index (χ4n) is 2.08. The summed E-state index contributed by atoms with van der Waals surface area (Å²) in [5.41, 5.74) is 0.942. The summed E-state index contributed by atoms with van der Waals surface area (Å²) in [5, 5.41) is 2.23. The summed E-state index contributed by atoms with van der Waals surface area (Å²) in [5.74, 6) is 0.290. The van der Waals surface area contributed by atoms with Crippen LogP contribution in [0.15, 0.2) is 24.3 Å². The first-order chi connectivity index (χ1) is 10.8. The molecule has 1 N–H and O–H groups in total. The number of rotatable bonds is 7. The van der Waals surface area contributed by atoms with Crippen molar-refractivity contribution in [3.8, 4) is 5.75 Å². The standard InChI is InChI=1S/C16H24N2O4S/c1-4-17-16(19)18(14-7-8-14)11-13-5-9-15(10-6-13)22-23(20,21)12(2)3/h5-6,9-10,12,14H,4,7-8,11H2,1-3H3,(H,17,19). The van der Waals surface area contributed by atoms with Crippen molar-refractivity contribution >= 4 is 16.1 Å². The Balaban J connectivity index is 2.03. The van der Waals surface area contributed by atoms with E-state index in [2.05, 4.69) is 5.32 Å². The molecule has 0 unspecified atom stereocenters. The quantitative estimate of drug-likeness (QED) is 0.774. The van der Waals surface area contributed by atoms with Crippen LogP contribution in [-0.2, 0) is 16.7 Å². The zero-order valence-corrected chi connectivity index (χ0v) is 14.6. The highest BCUT2D eigenvalue weighted by Crippen LogP contribution is 2.28. The Morgan fingerprint density at radius 3 is 2.39 bits per heavy atom. The zero-order valence-electron chi connectivity index (χ0n) is 13.8. The Bertz CT molecular complexity index is 637. The molecule has 6 nitrogen and oxygen atoms in total. The van der Waals surface area contributed by atoms with Crippen molar-refractivity contribution in [3.05, 3.63) is 29.8 Å². The lowest BCUT2D eigenvalue weighted by Gasteiger charge is -2.22. The topological polar surface area (TPSA) is 75.7 Å². The molecular weight excluding hydrogens is 316 g/mol. The van der Waals surface area contributed by atoms with Crippen LogP contribution < -0.4 is 9.50 Å². The van der Waals surface area contributed by atoms with Crippen molar-refractivity contribution < 1.29 is 17.4 Å². The maximum absolute atomic E-state index is 12.1. The molecule has 1 aliphatic carbocycles. The summed E-state index contributed by atoms with van der Waals surface area (Å²) >= 11 is 0. The van der Waals surface area contributed by atoms with Crippen LogP contribution in [0.3, 0.4) is 0 Å². The highest BCUT2D eigenvalue weighted by atomic mass is 32.2. The number of amides is 2. The molecule has 0 heterocycles. The average Bonchev–Trinajstić information content (AvgIpc) is 3.30. The molecule has 7 heteroatoms. The summed E-state index contributed by atoms with van der Waals surface area (Å²) in [4.78, 5) is 13.9. The Morgan fingerprint density at radius 2 is 1.91 bits per heavy atom. The van der Waals surface area contributed by atoms with Gasteiger partial charge in [0.1, 0.15) is 5.75 Å². The maximum Gasteiger partial charge on any atom is 0.317 e. The first kappa shape index (κ1) is 17.6. The Hall–Kier alpha value is -1.76. The highest BCUT2D eigenvalue weighted by molar-refractivity contribution is 7.87. The molecular formula is C16H24N2O4S. The van der Waals surface area contributed by atoms with Gasteiger partial charge in [0.25, 0.3) is 0 Å². The molecule has 0 aromatic heterocycles. The first-order valence-electron chi connectivity index (χ1n) is 7.90. The molecule has 0 aliphatic heterocycles. The molecule has 1 fully saturated rings. The van der Waals surface area contributed by atoms with Crippen LogP contribution in [0.1, 0.15) is 39.2 Å². The predicted octanol–water partition coefficient (Wildman–Crippen LogP) is 2.50. The van der Waals surface area contributed by atoms with Gasteiger partial charge in [0.15, 0.2) is 0 Å². The SMILES string of the molecule is CCNC(=O)N(Cc1ccc(OS(=O)(=O)C(C)C)cc1)C1CC1. The lowest BCUT2D eigenvalue weighted by Crippen LogP contribution is -2.40. The van der Waals surface area contributed by atoms with E-state index >= 15 is 0 Å². The average molecular weight is 340 g/mol. The molecule has 0 spiro atoms. The van der Waals surface area contributed by atoms with Crippen LogP contribution in [0.2, 0.25) is 0 Å². The fraction of sp³-hybridized carbons (Fsp3) is 0.562. The minimum atomic E-state index is -3.59. The summed E-state index contributed by atoms with van der Waals surface area (Å²) in [6, 6.07) is 7.08. The van der Waals surface area contributed by atoms with E-state index in [-0.39, 0.29) is 6.03 Å². The molecule has 2 amide bonds. The van der Waals surface area contributed by atoms with Crippen molar-refractivity contribution in [1.29, 1.82) is 0 Å². The van der Waals surface area contributed by atoms with Crippen LogP contribution >= 0.6 is 0 Å². The van der Waals surface area contributed by atoms with Gasteiger partial charge in [-0.1, -0.05) is 12.1 Å². The second-order valence-electron chi connectivity index (χ2n) is 5.96. The largest absolute Gasteiger partial charge is 0.382 e. The summed E-state index contributed by atoms with van der Waals surface area (Å²) < 4.78 is 28.5. The van der Waals surface area contributed by atoms with Crippen LogP contribution in [-0.4, -0.2) is 37.2 Å². The van der Waals surface area contributed by atoms with Crippen molar-refractivity contribution in [1.82, 2.24) is 10.2 Å². The second-order valence-corrected chi connectivity index (χ2v) is 8.06. The number of benzene rings is 1. The van der Waals surface area contributed by atoms with E-state index in [0.29, 0.717) is 24.9 Å². The van der Waals surface area contributed by atoms with E-state index in [1.807, 2.05) is 11.8 Å². The fourth-order valence-corrected chi connectivity index (χ4v) is 2.65. The Labute approximate surface area is 137 Å².